The molecule has 0 saturated carbocycles. The van der Waals surface area contributed by atoms with E-state index in [1.54, 1.807) is 0 Å². The number of benzene rings is 4. The van der Waals surface area contributed by atoms with E-state index >= 15 is 0 Å². The zero-order valence-corrected chi connectivity index (χ0v) is 32.0. The summed E-state index contributed by atoms with van der Waals surface area (Å²) in [6.45, 7) is 0.604. The van der Waals surface area contributed by atoms with Crippen LogP contribution in [0.25, 0.3) is 90.5 Å². The molecule has 0 spiro atoms. The molecule has 0 radical (unpaired) electrons. The molecule has 0 amide bonds. The highest BCUT2D eigenvalue weighted by atomic mass is 16.7. The monoisotopic (exact) mass is 805 g/mol. The van der Waals surface area contributed by atoms with Crippen LogP contribution in [0.2, 0.25) is 0 Å². The Kier molecular flexibility index (Phi) is 7.08. The molecular weight excluding hydrogens is 775 g/mol. The largest absolute Gasteiger partial charge is 0.454 e. The zero-order chi connectivity index (χ0) is 40.2. The average Bonchev–Trinajstić information content (AvgIpc) is 4.11. The Hall–Kier alpha value is -8.32. The normalized spacial score (nSPS) is 14.8. The molecule has 7 aromatic rings. The minimum atomic E-state index is 0.143. The summed E-state index contributed by atoms with van der Waals surface area (Å²) in [5.74, 6) is 5.32. The first kappa shape index (κ1) is 33.6. The van der Waals surface area contributed by atoms with E-state index in [0.717, 1.165) is 78.0 Å². The Morgan fingerprint density at radius 2 is 0.721 bits per heavy atom. The van der Waals surface area contributed by atoms with Gasteiger partial charge in [-0.25, -0.2) is 9.97 Å². The van der Waals surface area contributed by atoms with Crippen molar-refractivity contribution in [3.63, 3.8) is 0 Å². The number of H-pyrrole nitrogens is 2. The summed E-state index contributed by atoms with van der Waals surface area (Å²) in [6, 6.07) is 31.9. The number of nitrogens with zero attached hydrogens (tertiary/aromatic N) is 2. The molecule has 0 fully saturated rings. The van der Waals surface area contributed by atoms with Gasteiger partial charge in [0.05, 0.1) is 28.5 Å². The van der Waals surface area contributed by atoms with Crippen LogP contribution in [0, 0.1) is 0 Å². The highest BCUT2D eigenvalue weighted by Gasteiger charge is 2.25. The van der Waals surface area contributed by atoms with E-state index in [0.29, 0.717) is 63.1 Å². The molecule has 9 heterocycles. The van der Waals surface area contributed by atoms with Crippen LogP contribution in [0.5, 0.6) is 46.0 Å². The first-order valence-electron chi connectivity index (χ1n) is 19.6. The van der Waals surface area contributed by atoms with Gasteiger partial charge in [-0.2, -0.15) is 0 Å². The lowest BCUT2D eigenvalue weighted by Crippen LogP contribution is -1.97. The maximum atomic E-state index is 7.07. The van der Waals surface area contributed by atoms with E-state index in [-0.39, 0.29) is 27.2 Å². The molecule has 8 bridgehead atoms. The van der Waals surface area contributed by atoms with Gasteiger partial charge in [0.2, 0.25) is 27.2 Å². The summed E-state index contributed by atoms with van der Waals surface area (Å²) in [4.78, 5) is 18.3. The molecule has 4 N–H and O–H groups in total. The highest BCUT2D eigenvalue weighted by Crippen LogP contribution is 2.45. The lowest BCUT2D eigenvalue weighted by Gasteiger charge is -2.09. The van der Waals surface area contributed by atoms with Crippen LogP contribution in [0.15, 0.2) is 97.1 Å². The quantitative estimate of drug-likeness (QED) is 0.156. The second-order valence-corrected chi connectivity index (χ2v) is 15.0. The van der Waals surface area contributed by atoms with Crippen LogP contribution >= 0.6 is 0 Å². The van der Waals surface area contributed by atoms with Gasteiger partial charge in [0.25, 0.3) is 0 Å². The number of nitrogens with two attached hydrogens (primary N) is 1. The van der Waals surface area contributed by atoms with Gasteiger partial charge in [-0.3, -0.25) is 0 Å². The second-order valence-electron chi connectivity index (χ2n) is 15.0. The van der Waals surface area contributed by atoms with Gasteiger partial charge < -0.3 is 53.6 Å². The van der Waals surface area contributed by atoms with Gasteiger partial charge in [-0.15, -0.1) is 0 Å². The number of aromatic nitrogens is 4. The molecule has 0 aliphatic carbocycles. The first-order valence-corrected chi connectivity index (χ1v) is 19.6. The van der Waals surface area contributed by atoms with Crippen molar-refractivity contribution in [1.29, 1.82) is 0 Å². The van der Waals surface area contributed by atoms with Crippen molar-refractivity contribution in [2.75, 3.05) is 27.2 Å². The Balaban J connectivity index is 1.18. The second kappa shape index (κ2) is 12.8. The third kappa shape index (κ3) is 5.33. The van der Waals surface area contributed by atoms with Crippen molar-refractivity contribution in [1.82, 2.24) is 19.9 Å². The van der Waals surface area contributed by atoms with E-state index in [4.69, 9.17) is 53.6 Å². The topological polar surface area (TPSA) is 157 Å². The minimum Gasteiger partial charge on any atom is -0.454 e. The number of nitrogens with one attached hydrogen (secondary N) is 2. The fourth-order valence-electron chi connectivity index (χ4n) is 8.73. The molecule has 13 heteroatoms. The molecule has 0 unspecified atom stereocenters. The van der Waals surface area contributed by atoms with Gasteiger partial charge in [0.15, 0.2) is 46.0 Å². The number of ether oxygens (including phenoxy) is 8. The molecule has 0 atom stereocenters. The molecule has 6 aliphatic heterocycles. The Morgan fingerprint density at radius 1 is 0.377 bits per heavy atom. The van der Waals surface area contributed by atoms with Crippen molar-refractivity contribution in [2.24, 2.45) is 5.73 Å². The van der Waals surface area contributed by atoms with Crippen molar-refractivity contribution in [2.45, 2.75) is 0 Å². The maximum Gasteiger partial charge on any atom is 0.231 e. The van der Waals surface area contributed by atoms with Crippen LogP contribution in [0.4, 0.5) is 0 Å². The molecule has 0 saturated heterocycles. The fourth-order valence-corrected chi connectivity index (χ4v) is 8.73. The van der Waals surface area contributed by atoms with Crippen LogP contribution < -0.4 is 43.6 Å². The summed E-state index contributed by atoms with van der Waals surface area (Å²) >= 11 is 0. The van der Waals surface area contributed by atoms with Crippen LogP contribution in [-0.4, -0.2) is 47.1 Å². The molecule has 61 heavy (non-hydrogen) atoms. The number of fused-ring (bicyclic) bond motifs is 12. The number of aromatic amines is 2. The lowest BCUT2D eigenvalue weighted by molar-refractivity contribution is 0.173. The van der Waals surface area contributed by atoms with Gasteiger partial charge in [-0.05, 0) is 113 Å². The standard InChI is InChI=1S/C48H31N5O8/c49-28-19-35-46(26-3-13-38-42(17-26)60-22-56-38)33-8-7-31(51-33)44(24-1-11-36-40(15-24)58-20-54-36)29-5-6-30(50-29)45(25-2-12-37-41(16-25)59-21-55-37)32-9-10-34(52-32)47(48(28)53-35)27-4-14-39-43(18-27)61-23-57-39/h1-19,51-52H,20-23,49H2. The Morgan fingerprint density at radius 3 is 1.13 bits per heavy atom. The predicted molar refractivity (Wildman–Crippen MR) is 228 cm³/mol. The summed E-state index contributed by atoms with van der Waals surface area (Å²) in [5.41, 5.74) is 20.3. The summed E-state index contributed by atoms with van der Waals surface area (Å²) in [5, 5.41) is 0. The minimum absolute atomic E-state index is 0.143. The predicted octanol–water partition coefficient (Wildman–Crippen LogP) is 9.52. The molecule has 296 valence electrons. The van der Waals surface area contributed by atoms with Crippen LogP contribution in [0.3, 0.4) is 0 Å². The molecule has 4 aromatic carbocycles. The van der Waals surface area contributed by atoms with Gasteiger partial charge in [0.1, 0.15) is 0 Å². The molecule has 6 aliphatic rings. The average molecular weight is 806 g/mol. The van der Waals surface area contributed by atoms with Gasteiger partial charge in [-0.1, -0.05) is 24.3 Å². The summed E-state index contributed by atoms with van der Waals surface area (Å²) in [6.07, 6.45) is 6.00. The molecule has 13 rings (SSSR count). The third-order valence-corrected chi connectivity index (χ3v) is 11.5. The van der Waals surface area contributed by atoms with E-state index in [1.165, 1.54) is 0 Å². The third-order valence-electron chi connectivity index (χ3n) is 11.5. The van der Waals surface area contributed by atoms with Crippen molar-refractivity contribution < 1.29 is 37.9 Å². The van der Waals surface area contributed by atoms with Gasteiger partial charge >= 0.3 is 0 Å². The SMILES string of the molecule is NC1=Cc2nc1c(-c1ccc3c(c1)OCO3)c1ccc([nH]1)c(-c1ccc3c(c1)OCO3)c1nc(c(-c3ccc4c(c3)OCO4)c3ccc([nH]3)c2-c2ccc3c(c2)OCO3)C=C1. The molecular formula is C48H31N5O8. The number of hydrogen-bond acceptors (Lipinski definition) is 11. The number of rotatable bonds is 4. The van der Waals surface area contributed by atoms with Crippen molar-refractivity contribution >= 4 is 46.0 Å². The first-order chi connectivity index (χ1) is 30.1. The van der Waals surface area contributed by atoms with Crippen molar-refractivity contribution in [3.8, 4) is 90.5 Å². The van der Waals surface area contributed by atoms with Crippen LogP contribution in [0.1, 0.15) is 22.8 Å². The van der Waals surface area contributed by atoms with E-state index in [9.17, 15) is 0 Å². The Labute approximate surface area is 346 Å². The highest BCUT2D eigenvalue weighted by molar-refractivity contribution is 6.02. The number of hydrogen-bond donors (Lipinski definition) is 3. The Bertz CT molecular complexity index is 3310. The van der Waals surface area contributed by atoms with E-state index in [1.807, 2.05) is 97.1 Å². The van der Waals surface area contributed by atoms with Crippen molar-refractivity contribution in [3.05, 3.63) is 120 Å². The van der Waals surface area contributed by atoms with E-state index in [2.05, 4.69) is 28.2 Å². The smallest absolute Gasteiger partial charge is 0.231 e. The lowest BCUT2D eigenvalue weighted by atomic mass is 10.0. The molecule has 3 aromatic heterocycles. The molecule has 13 nitrogen and oxygen atoms in total. The summed E-state index contributed by atoms with van der Waals surface area (Å²) in [7, 11) is 0. The zero-order valence-electron chi connectivity index (χ0n) is 32.0. The fraction of sp³-hybridized carbons (Fsp3) is 0.0833. The maximum absolute atomic E-state index is 7.07. The van der Waals surface area contributed by atoms with Gasteiger partial charge in [0, 0.05) is 44.3 Å². The van der Waals surface area contributed by atoms with E-state index < -0.39 is 0 Å². The summed E-state index contributed by atoms with van der Waals surface area (Å²) < 4.78 is 46.3. The van der Waals surface area contributed by atoms with Crippen LogP contribution in [-0.2, 0) is 0 Å².